The van der Waals surface area contributed by atoms with Crippen LogP contribution in [0, 0.1) is 20.6 Å². The molecule has 2 N–H and O–H groups in total. The zero-order chi connectivity index (χ0) is 32.0. The van der Waals surface area contributed by atoms with Crippen molar-refractivity contribution in [2.75, 3.05) is 44.2 Å². The topological polar surface area (TPSA) is 73.8 Å². The third kappa shape index (κ3) is 6.65. The van der Waals surface area contributed by atoms with Crippen molar-refractivity contribution in [1.82, 2.24) is 20.2 Å². The molecular formula is C36H37FN5O2PSTl+. The maximum absolute atomic E-state index is 17.0. The van der Waals surface area contributed by atoms with Crippen LogP contribution in [-0.2, 0) is 11.8 Å². The summed E-state index contributed by atoms with van der Waals surface area (Å²) in [6.07, 6.45) is 8.39. The van der Waals surface area contributed by atoms with Crippen molar-refractivity contribution in [1.29, 1.82) is 0 Å². The number of piperidine rings is 1. The molecular weight excluding hydrogens is 821 g/mol. The number of rotatable bonds is 7. The number of halogens is 1. The number of nitrogens with one attached hydrogen (secondary N) is 1. The molecule has 0 radical (unpaired) electrons. The number of fused-ring (bicyclic) bond motifs is 4. The molecule has 2 bridgehead atoms. The molecule has 0 amide bonds. The second-order valence-electron chi connectivity index (χ2n) is 13.7. The van der Waals surface area contributed by atoms with Crippen molar-refractivity contribution < 1.29 is 14.2 Å². The number of aromatic nitrogens is 2. The Morgan fingerprint density at radius 3 is 2.64 bits per heavy atom. The molecule has 4 aromatic rings. The van der Waals surface area contributed by atoms with Gasteiger partial charge in [0.1, 0.15) is 0 Å². The standard InChI is InChI=1S/C36H37FN5O2.PS.Tl/c1-2-23-7-6-8-24-17-27(43)18-30(31(23)24)28-11-12-29-33(32(28)37)39-35(40-34(29)42-19-25-9-10-26(20-42)38-25)44-22-36(13-14-36)21-41-15-4-3-5-16-41;1-2;/h6-8,11-12,17-18,25-26,38,43H,3-5,9-10,13-16,19-22H2;;/q;-1;+2. The third-order valence-electron chi connectivity index (χ3n) is 10.3. The van der Waals surface area contributed by atoms with Crippen LogP contribution in [0.3, 0.4) is 0 Å². The molecule has 47 heavy (non-hydrogen) atoms. The summed E-state index contributed by atoms with van der Waals surface area (Å²) in [5.74, 6) is 3.69. The third-order valence-corrected chi connectivity index (χ3v) is 16.6. The molecule has 3 saturated heterocycles. The first kappa shape index (κ1) is 31.9. The summed E-state index contributed by atoms with van der Waals surface area (Å²) < 4.78 is 27.8. The Labute approximate surface area is 291 Å². The monoisotopic (exact) mass is 858 g/mol. The molecule has 8 rings (SSSR count). The molecule has 4 fully saturated rings. The average Bonchev–Trinajstić information content (AvgIpc) is 3.77. The van der Waals surface area contributed by atoms with Gasteiger partial charge in [0.25, 0.3) is 0 Å². The van der Waals surface area contributed by atoms with Crippen LogP contribution in [0.1, 0.15) is 50.5 Å². The minimum absolute atomic E-state index is 0.0763. The van der Waals surface area contributed by atoms with Crippen molar-refractivity contribution in [3.05, 3.63) is 53.8 Å². The van der Waals surface area contributed by atoms with Crippen LogP contribution in [0.2, 0.25) is 0 Å². The van der Waals surface area contributed by atoms with E-state index in [9.17, 15) is 5.11 Å². The van der Waals surface area contributed by atoms with Gasteiger partial charge < -0.3 is 10.2 Å². The number of phenols is 1. The number of likely N-dealkylation sites (tertiary alicyclic amines) is 1. The molecule has 1 saturated carbocycles. The molecule has 4 heterocycles. The number of ether oxygens (including phenoxy) is 1. The van der Waals surface area contributed by atoms with Gasteiger partial charge in [0, 0.05) is 24.0 Å². The summed E-state index contributed by atoms with van der Waals surface area (Å²) in [6.45, 7) is 5.53. The predicted octanol–water partition coefficient (Wildman–Crippen LogP) is 6.22. The van der Waals surface area contributed by atoms with Gasteiger partial charge in [0.05, 0.1) is 0 Å². The van der Waals surface area contributed by atoms with Crippen molar-refractivity contribution in [3.63, 3.8) is 0 Å². The molecule has 3 aromatic carbocycles. The van der Waals surface area contributed by atoms with Crippen LogP contribution < -0.4 is 15.0 Å². The maximum atomic E-state index is 17.0. The van der Waals surface area contributed by atoms with E-state index in [1.54, 1.807) is 18.2 Å². The van der Waals surface area contributed by atoms with Gasteiger partial charge in [-0.25, -0.2) is 0 Å². The van der Waals surface area contributed by atoms with E-state index in [-0.39, 0.29) is 22.7 Å². The molecule has 4 aliphatic rings. The van der Waals surface area contributed by atoms with E-state index >= 15 is 4.39 Å². The molecule has 2 atom stereocenters. The Kier molecular flexibility index (Phi) is 9.16. The average molecular weight is 858 g/mol. The van der Waals surface area contributed by atoms with Crippen LogP contribution in [0.15, 0.2) is 42.5 Å². The van der Waals surface area contributed by atoms with Gasteiger partial charge in [-0.05, 0) is 51.6 Å². The summed E-state index contributed by atoms with van der Waals surface area (Å²) in [4.78, 5) is 14.6. The Bertz CT molecular complexity index is 1970. The first-order valence-corrected chi connectivity index (χ1v) is 27.0. The molecule has 11 heteroatoms. The number of phenolic OH excluding ortho intramolecular Hbond substituents is 1. The van der Waals surface area contributed by atoms with Crippen LogP contribution in [0.4, 0.5) is 10.2 Å². The number of aromatic hydroxyl groups is 1. The van der Waals surface area contributed by atoms with Crippen LogP contribution in [0.25, 0.3) is 32.8 Å². The number of piperazine rings is 1. The van der Waals surface area contributed by atoms with Gasteiger partial charge in [-0.1, -0.05) is 6.42 Å². The zero-order valence-electron chi connectivity index (χ0n) is 26.3. The van der Waals surface area contributed by atoms with E-state index in [1.807, 2.05) is 24.3 Å². The first-order valence-electron chi connectivity index (χ1n) is 16.8. The van der Waals surface area contributed by atoms with E-state index < -0.39 is 28.9 Å². The van der Waals surface area contributed by atoms with E-state index in [0.717, 1.165) is 84.6 Å². The Morgan fingerprint density at radius 2 is 1.87 bits per heavy atom. The fourth-order valence-corrected chi connectivity index (χ4v) is 11.3. The summed E-state index contributed by atoms with van der Waals surface area (Å²) in [5.41, 5.74) is 2.15. The number of benzene rings is 3. The SMILES string of the molecule is Oc1cc(-c2ccc3c(N4CC5CCC(C4)N5)nc(OCC4(CN5CCCCC5)CC4)nc3c2F)c2c(C#[C][Tl]=[P+]=S)cccc2c1. The van der Waals surface area contributed by atoms with E-state index in [0.29, 0.717) is 35.2 Å². The first-order chi connectivity index (χ1) is 23.0. The van der Waals surface area contributed by atoms with Gasteiger partial charge >= 0.3 is 201 Å². The molecule has 2 unspecified atom stereocenters. The number of anilines is 1. The van der Waals surface area contributed by atoms with E-state index in [1.165, 1.54) is 19.3 Å². The Morgan fingerprint density at radius 1 is 1.06 bits per heavy atom. The van der Waals surface area contributed by atoms with Gasteiger partial charge in [-0.3, -0.25) is 0 Å². The molecule has 0 spiro atoms. The number of hydrogen-bond acceptors (Lipinski definition) is 8. The zero-order valence-corrected chi connectivity index (χ0v) is 32.5. The second kappa shape index (κ2) is 13.5. The van der Waals surface area contributed by atoms with Gasteiger partial charge in [-0.2, -0.15) is 0 Å². The Hall–Kier alpha value is -2.36. The summed E-state index contributed by atoms with van der Waals surface area (Å²) in [5, 5.41) is 16.7. The fourth-order valence-electron chi connectivity index (χ4n) is 7.81. The quantitative estimate of drug-likeness (QED) is 0.129. The molecule has 238 valence electrons. The number of hydrogen-bond donors (Lipinski definition) is 2. The minimum atomic E-state index is -1.32. The van der Waals surface area contributed by atoms with Crippen molar-refractivity contribution >= 4 is 66.4 Å². The Balaban J connectivity index is 1.22. The van der Waals surface area contributed by atoms with Crippen LogP contribution in [-0.4, -0.2) is 94.5 Å². The van der Waals surface area contributed by atoms with Gasteiger partial charge in [-0.15, -0.1) is 0 Å². The van der Waals surface area contributed by atoms with E-state index in [4.69, 9.17) is 26.5 Å². The number of nitrogens with zero attached hydrogens (tertiary/aromatic N) is 4. The summed E-state index contributed by atoms with van der Waals surface area (Å²) in [6, 6.07) is 13.9. The van der Waals surface area contributed by atoms with Crippen molar-refractivity contribution in [2.24, 2.45) is 5.41 Å². The summed E-state index contributed by atoms with van der Waals surface area (Å²) >= 11 is 3.84. The molecule has 7 nitrogen and oxygen atoms in total. The fraction of sp³-hybridized carbons (Fsp3) is 0.444. The molecule has 3 aliphatic heterocycles. The van der Waals surface area contributed by atoms with Crippen LogP contribution in [0.5, 0.6) is 11.8 Å². The molecule has 1 aliphatic carbocycles. The predicted molar refractivity (Wildman–Crippen MR) is 191 cm³/mol. The molecule has 1 aromatic heterocycles. The van der Waals surface area contributed by atoms with Crippen LogP contribution >= 0.6 is 4.00 Å². The van der Waals surface area contributed by atoms with E-state index in [2.05, 4.69) is 24.5 Å². The normalized spacial score (nSPS) is 21.7. The van der Waals surface area contributed by atoms with Gasteiger partial charge in [0.15, 0.2) is 0 Å². The second-order valence-corrected chi connectivity index (χ2v) is 26.3. The van der Waals surface area contributed by atoms with Gasteiger partial charge in [0.2, 0.25) is 0 Å². The van der Waals surface area contributed by atoms with Crippen molar-refractivity contribution in [2.45, 2.75) is 57.0 Å². The summed E-state index contributed by atoms with van der Waals surface area (Å²) in [7, 11) is 0. The van der Waals surface area contributed by atoms with Crippen molar-refractivity contribution in [3.8, 4) is 32.3 Å².